The molecular weight excluding hydrogens is 375 g/mol. The highest BCUT2D eigenvalue weighted by Crippen LogP contribution is 2.28. The van der Waals surface area contributed by atoms with Crippen LogP contribution >= 0.6 is 0 Å². The molecule has 5 nitrogen and oxygen atoms in total. The molecule has 0 spiro atoms. The summed E-state index contributed by atoms with van der Waals surface area (Å²) in [6, 6.07) is 8.77. The lowest BCUT2D eigenvalue weighted by atomic mass is 10.2. The largest absolute Gasteiger partial charge is 0.480 e. The molecule has 144 valence electrons. The predicted molar refractivity (Wildman–Crippen MR) is 87.0 cm³/mol. The monoisotopic (exact) mass is 388 g/mol. The van der Waals surface area contributed by atoms with Gasteiger partial charge in [0.25, 0.3) is 0 Å². The van der Waals surface area contributed by atoms with Gasteiger partial charge in [-0.2, -0.15) is 22.6 Å². The molecule has 0 fully saturated rings. The van der Waals surface area contributed by atoms with Gasteiger partial charge in [0.05, 0.1) is 12.7 Å². The van der Waals surface area contributed by atoms with Gasteiger partial charge in [-0.25, -0.2) is 9.18 Å². The number of methoxy groups -OCH3 is 1. The van der Waals surface area contributed by atoms with E-state index in [4.69, 9.17) is 4.74 Å². The number of carbonyl (C=O) groups excluding carboxylic acids is 1. The summed E-state index contributed by atoms with van der Waals surface area (Å²) in [5.74, 6) is -1.44. The topological polar surface area (TPSA) is 59.9 Å². The minimum atomic E-state index is -4.64. The van der Waals surface area contributed by atoms with Crippen LogP contribution in [-0.2, 0) is 4.74 Å². The van der Waals surface area contributed by atoms with Gasteiger partial charge in [-0.3, -0.25) is 0 Å². The second kappa shape index (κ2) is 8.47. The molecule has 2 rings (SSSR count). The zero-order valence-corrected chi connectivity index (χ0v) is 13.8. The molecule has 0 atom stereocenters. The molecule has 0 radical (unpaired) electrons. The Morgan fingerprint density at radius 3 is 2.30 bits per heavy atom. The third-order valence-electron chi connectivity index (χ3n) is 3.11. The molecule has 0 saturated carbocycles. The molecule has 27 heavy (non-hydrogen) atoms. The molecule has 0 bridgehead atoms. The maximum Gasteiger partial charge on any atom is 0.461 e. The van der Waals surface area contributed by atoms with E-state index in [0.29, 0.717) is 0 Å². The Morgan fingerprint density at radius 2 is 1.74 bits per heavy atom. The Hall–Kier alpha value is -3.17. The maximum atomic E-state index is 13.7. The van der Waals surface area contributed by atoms with Crippen molar-refractivity contribution in [3.8, 4) is 5.75 Å². The van der Waals surface area contributed by atoms with Crippen LogP contribution < -0.4 is 10.1 Å². The number of aliphatic imine (C=N–C) groups is 1. The van der Waals surface area contributed by atoms with E-state index in [2.05, 4.69) is 15.0 Å². The average Bonchev–Trinajstić information content (AvgIpc) is 2.61. The van der Waals surface area contributed by atoms with Crippen LogP contribution in [0.3, 0.4) is 0 Å². The highest BCUT2D eigenvalue weighted by atomic mass is 19.3. The number of carbonyl (C=O) groups is 1. The van der Waals surface area contributed by atoms with Crippen molar-refractivity contribution in [3.05, 3.63) is 59.9 Å². The molecule has 0 heterocycles. The molecular formula is C17H13F5N2O3. The van der Waals surface area contributed by atoms with Crippen LogP contribution in [0.4, 0.5) is 32.4 Å². The number of halogens is 5. The van der Waals surface area contributed by atoms with Gasteiger partial charge in [0.1, 0.15) is 11.6 Å². The number of hydrogen-bond donors (Lipinski definition) is 1. The smallest absolute Gasteiger partial charge is 0.461 e. The lowest BCUT2D eigenvalue weighted by molar-refractivity contribution is -0.253. The number of hydrogen-bond acceptors (Lipinski definition) is 3. The quantitative estimate of drug-likeness (QED) is 0.459. The van der Waals surface area contributed by atoms with Crippen LogP contribution in [0.5, 0.6) is 5.75 Å². The Kier molecular flexibility index (Phi) is 6.32. The van der Waals surface area contributed by atoms with Crippen molar-refractivity contribution in [2.45, 2.75) is 12.5 Å². The first kappa shape index (κ1) is 20.1. The lowest BCUT2D eigenvalue weighted by Crippen LogP contribution is -2.33. The number of alkyl halides is 4. The van der Waals surface area contributed by atoms with Gasteiger partial charge in [0, 0.05) is 5.69 Å². The highest BCUT2D eigenvalue weighted by molar-refractivity contribution is 6.04. The fourth-order valence-corrected chi connectivity index (χ4v) is 1.90. The lowest BCUT2D eigenvalue weighted by Gasteiger charge is -2.16. The summed E-state index contributed by atoms with van der Waals surface area (Å²) < 4.78 is 72.3. The molecule has 0 aliphatic rings. The van der Waals surface area contributed by atoms with E-state index in [1.807, 2.05) is 0 Å². The first-order valence-corrected chi connectivity index (χ1v) is 7.36. The number of nitrogens with zero attached hydrogens (tertiary/aromatic N) is 1. The molecule has 0 saturated heterocycles. The zero-order valence-electron chi connectivity index (χ0n) is 13.8. The standard InChI is InChI=1S/C17H13F5N2O3/c1-26-14(12-4-2-3-5-13(12)18)24-16(25)23-10-6-8-11(9-7-10)27-17(21,22)15(19)20/h2-9,15H,1H3,(H,23,25)/b24-14-. The van der Waals surface area contributed by atoms with E-state index in [-0.39, 0.29) is 17.1 Å². The Balaban J connectivity index is 2.08. The second-order valence-electron chi connectivity index (χ2n) is 5.02. The van der Waals surface area contributed by atoms with Crippen LogP contribution in [0.2, 0.25) is 0 Å². The van der Waals surface area contributed by atoms with E-state index < -0.39 is 30.1 Å². The van der Waals surface area contributed by atoms with Crippen LogP contribution in [0.15, 0.2) is 53.5 Å². The molecule has 0 aliphatic carbocycles. The van der Waals surface area contributed by atoms with Gasteiger partial charge in [-0.15, -0.1) is 0 Å². The van der Waals surface area contributed by atoms with Crippen molar-refractivity contribution in [2.75, 3.05) is 12.4 Å². The van der Waals surface area contributed by atoms with E-state index >= 15 is 0 Å². The summed E-state index contributed by atoms with van der Waals surface area (Å²) >= 11 is 0. The highest BCUT2D eigenvalue weighted by Gasteiger charge is 2.43. The molecule has 2 amide bonds. The molecule has 0 unspecified atom stereocenters. The van der Waals surface area contributed by atoms with E-state index in [1.165, 1.54) is 25.3 Å². The minimum absolute atomic E-state index is 0.0341. The first-order chi connectivity index (χ1) is 12.7. The normalized spacial score (nSPS) is 12.0. The molecule has 10 heteroatoms. The van der Waals surface area contributed by atoms with E-state index in [9.17, 15) is 26.7 Å². The Morgan fingerprint density at radius 1 is 1.11 bits per heavy atom. The van der Waals surface area contributed by atoms with Gasteiger partial charge in [-0.1, -0.05) is 12.1 Å². The molecule has 0 aliphatic heterocycles. The number of benzene rings is 2. The SMILES string of the molecule is CO/C(=N\C(=O)Nc1ccc(OC(F)(F)C(F)F)cc1)c1ccccc1F. The van der Waals surface area contributed by atoms with Crippen molar-refractivity contribution >= 4 is 17.6 Å². The number of anilines is 1. The van der Waals surface area contributed by atoms with Crippen LogP contribution in [0.25, 0.3) is 0 Å². The van der Waals surface area contributed by atoms with Crippen LogP contribution in [-0.4, -0.2) is 31.6 Å². The summed E-state index contributed by atoms with van der Waals surface area (Å²) in [5.41, 5.74) is 0.0774. The van der Waals surface area contributed by atoms with Crippen molar-refractivity contribution in [2.24, 2.45) is 4.99 Å². The first-order valence-electron chi connectivity index (χ1n) is 7.36. The molecule has 2 aromatic carbocycles. The summed E-state index contributed by atoms with van der Waals surface area (Å²) in [7, 11) is 1.20. The summed E-state index contributed by atoms with van der Waals surface area (Å²) in [6.07, 6.45) is -8.63. The molecule has 2 aromatic rings. The second-order valence-corrected chi connectivity index (χ2v) is 5.02. The Labute approximate surface area is 150 Å². The zero-order chi connectivity index (χ0) is 20.0. The summed E-state index contributed by atoms with van der Waals surface area (Å²) in [6.45, 7) is 0. The van der Waals surface area contributed by atoms with Crippen molar-refractivity contribution in [3.63, 3.8) is 0 Å². The van der Waals surface area contributed by atoms with E-state index in [0.717, 1.165) is 30.3 Å². The van der Waals surface area contributed by atoms with E-state index in [1.54, 1.807) is 0 Å². The fraction of sp³-hybridized carbons (Fsp3) is 0.176. The number of amides is 2. The maximum absolute atomic E-state index is 13.7. The number of rotatable bonds is 5. The third-order valence-corrected chi connectivity index (χ3v) is 3.11. The van der Waals surface area contributed by atoms with Gasteiger partial charge >= 0.3 is 18.6 Å². The van der Waals surface area contributed by atoms with Crippen LogP contribution in [0, 0.1) is 5.82 Å². The van der Waals surface area contributed by atoms with Gasteiger partial charge in [0.2, 0.25) is 5.90 Å². The molecule has 1 N–H and O–H groups in total. The Bertz CT molecular complexity index is 826. The van der Waals surface area contributed by atoms with Crippen molar-refractivity contribution < 1.29 is 36.2 Å². The molecule has 0 aromatic heterocycles. The van der Waals surface area contributed by atoms with Gasteiger partial charge in [0.15, 0.2) is 0 Å². The average molecular weight is 388 g/mol. The number of urea groups is 1. The minimum Gasteiger partial charge on any atom is -0.480 e. The predicted octanol–water partition coefficient (Wildman–Crippen LogP) is 4.69. The third kappa shape index (κ3) is 5.40. The fourth-order valence-electron chi connectivity index (χ4n) is 1.90. The van der Waals surface area contributed by atoms with Gasteiger partial charge in [-0.05, 0) is 36.4 Å². The number of nitrogens with one attached hydrogen (secondary N) is 1. The van der Waals surface area contributed by atoms with Gasteiger partial charge < -0.3 is 14.8 Å². The summed E-state index contributed by atoms with van der Waals surface area (Å²) in [4.78, 5) is 15.5. The summed E-state index contributed by atoms with van der Waals surface area (Å²) in [5, 5.41) is 2.29. The number of ether oxygens (including phenoxy) is 2. The van der Waals surface area contributed by atoms with Crippen molar-refractivity contribution in [1.82, 2.24) is 0 Å². The van der Waals surface area contributed by atoms with Crippen molar-refractivity contribution in [1.29, 1.82) is 0 Å². The van der Waals surface area contributed by atoms with Crippen LogP contribution in [0.1, 0.15) is 5.56 Å².